The highest BCUT2D eigenvalue weighted by Gasteiger charge is 2.43. The first-order chi connectivity index (χ1) is 8.07. The van der Waals surface area contributed by atoms with Crippen molar-refractivity contribution in [1.29, 1.82) is 0 Å². The molecule has 0 bridgehead atoms. The molecule has 0 radical (unpaired) electrons. The molecule has 0 aromatic heterocycles. The van der Waals surface area contributed by atoms with Gasteiger partial charge in [-0.1, -0.05) is 6.92 Å². The second-order valence-electron chi connectivity index (χ2n) is 5.01. The van der Waals surface area contributed by atoms with Crippen molar-refractivity contribution in [3.63, 3.8) is 0 Å². The van der Waals surface area contributed by atoms with Gasteiger partial charge >= 0.3 is 0 Å². The number of hydrogen-bond acceptors (Lipinski definition) is 3. The normalized spacial score (nSPS) is 31.5. The summed E-state index contributed by atoms with van der Waals surface area (Å²) < 4.78 is 0. The topological polar surface area (TPSA) is 49.4 Å². The van der Waals surface area contributed by atoms with Crippen LogP contribution >= 0.6 is 11.8 Å². The van der Waals surface area contributed by atoms with Crippen LogP contribution in [0.2, 0.25) is 0 Å². The number of nitrogens with zero attached hydrogens (tertiary/aromatic N) is 1. The Hall–Kier alpha value is -0.710. The fraction of sp³-hybridized carbons (Fsp3) is 0.833. The summed E-state index contributed by atoms with van der Waals surface area (Å²) in [5, 5.41) is 2.83. The van der Waals surface area contributed by atoms with E-state index in [1.165, 1.54) is 0 Å². The van der Waals surface area contributed by atoms with Gasteiger partial charge in [0.1, 0.15) is 5.54 Å². The summed E-state index contributed by atoms with van der Waals surface area (Å²) >= 11 is 1.93. The maximum absolute atomic E-state index is 12.4. The van der Waals surface area contributed by atoms with Gasteiger partial charge in [-0.2, -0.15) is 11.8 Å². The van der Waals surface area contributed by atoms with Crippen LogP contribution in [0, 0.1) is 0 Å². The second-order valence-corrected chi connectivity index (χ2v) is 6.24. The van der Waals surface area contributed by atoms with Crippen LogP contribution < -0.4 is 5.32 Å². The molecule has 2 rings (SSSR count). The van der Waals surface area contributed by atoms with Crippen LogP contribution in [0.5, 0.6) is 0 Å². The summed E-state index contributed by atoms with van der Waals surface area (Å²) in [7, 11) is 0. The van der Waals surface area contributed by atoms with Crippen LogP contribution in [-0.4, -0.2) is 46.3 Å². The fourth-order valence-electron chi connectivity index (χ4n) is 2.48. The Morgan fingerprint density at radius 1 is 1.41 bits per heavy atom. The standard InChI is InChI=1S/C12H20N2O2S/c1-3-12(2)11(16)14(8-10(15)13-12)9-4-6-17-7-5-9/h9H,3-8H2,1-2H3,(H,13,15). The van der Waals surface area contributed by atoms with E-state index in [0.717, 1.165) is 24.3 Å². The van der Waals surface area contributed by atoms with Gasteiger partial charge in [-0.25, -0.2) is 0 Å². The highest BCUT2D eigenvalue weighted by molar-refractivity contribution is 7.99. The first-order valence-electron chi connectivity index (χ1n) is 6.26. The summed E-state index contributed by atoms with van der Waals surface area (Å²) in [5.74, 6) is 2.27. The molecule has 96 valence electrons. The highest BCUT2D eigenvalue weighted by Crippen LogP contribution is 2.26. The van der Waals surface area contributed by atoms with Gasteiger partial charge in [-0.15, -0.1) is 0 Å². The Labute approximate surface area is 106 Å². The lowest BCUT2D eigenvalue weighted by Crippen LogP contribution is -2.67. The number of amides is 2. The summed E-state index contributed by atoms with van der Waals surface area (Å²) in [4.78, 5) is 26.0. The van der Waals surface area contributed by atoms with Gasteiger partial charge in [0.15, 0.2) is 0 Å². The van der Waals surface area contributed by atoms with E-state index in [2.05, 4.69) is 5.32 Å². The lowest BCUT2D eigenvalue weighted by molar-refractivity contribution is -0.152. The summed E-state index contributed by atoms with van der Waals surface area (Å²) in [6, 6.07) is 0.265. The molecule has 4 nitrogen and oxygen atoms in total. The van der Waals surface area contributed by atoms with E-state index in [0.29, 0.717) is 6.42 Å². The zero-order valence-corrected chi connectivity index (χ0v) is 11.3. The van der Waals surface area contributed by atoms with Crippen molar-refractivity contribution in [2.45, 2.75) is 44.7 Å². The molecular formula is C12H20N2O2S. The van der Waals surface area contributed by atoms with Crippen LogP contribution in [0.3, 0.4) is 0 Å². The molecule has 2 saturated heterocycles. The third-order valence-electron chi connectivity index (χ3n) is 3.80. The molecule has 0 aromatic rings. The molecule has 1 atom stereocenters. The monoisotopic (exact) mass is 256 g/mol. The molecule has 0 aliphatic carbocycles. The molecule has 0 saturated carbocycles. The van der Waals surface area contributed by atoms with Crippen LogP contribution in [0.25, 0.3) is 0 Å². The molecular weight excluding hydrogens is 236 g/mol. The average molecular weight is 256 g/mol. The number of rotatable bonds is 2. The minimum Gasteiger partial charge on any atom is -0.340 e. The van der Waals surface area contributed by atoms with E-state index < -0.39 is 5.54 Å². The molecule has 0 spiro atoms. The van der Waals surface area contributed by atoms with E-state index in [-0.39, 0.29) is 24.4 Å². The van der Waals surface area contributed by atoms with Crippen molar-refractivity contribution in [3.8, 4) is 0 Å². The summed E-state index contributed by atoms with van der Waals surface area (Å²) in [5.41, 5.74) is -0.695. The predicted molar refractivity (Wildman–Crippen MR) is 68.9 cm³/mol. The number of carbonyl (C=O) groups excluding carboxylic acids is 2. The number of hydrogen-bond donors (Lipinski definition) is 1. The van der Waals surface area contributed by atoms with Gasteiger partial charge in [-0.3, -0.25) is 9.59 Å². The molecule has 5 heteroatoms. The molecule has 1 N–H and O–H groups in total. The van der Waals surface area contributed by atoms with Gasteiger partial charge in [0.25, 0.3) is 0 Å². The lowest BCUT2D eigenvalue weighted by atomic mass is 9.92. The van der Waals surface area contributed by atoms with Gasteiger partial charge in [-0.05, 0) is 37.7 Å². The van der Waals surface area contributed by atoms with Crippen molar-refractivity contribution < 1.29 is 9.59 Å². The molecule has 1 unspecified atom stereocenters. The van der Waals surface area contributed by atoms with E-state index in [1.807, 2.05) is 30.5 Å². The third kappa shape index (κ3) is 2.44. The minimum absolute atomic E-state index is 0.0211. The largest absolute Gasteiger partial charge is 0.340 e. The summed E-state index contributed by atoms with van der Waals surface area (Å²) in [6.45, 7) is 4.01. The maximum atomic E-state index is 12.4. The Kier molecular flexibility index (Phi) is 3.66. The molecule has 2 heterocycles. The van der Waals surface area contributed by atoms with Gasteiger partial charge in [0, 0.05) is 6.04 Å². The van der Waals surface area contributed by atoms with Crippen molar-refractivity contribution in [1.82, 2.24) is 10.2 Å². The van der Waals surface area contributed by atoms with Gasteiger partial charge in [0.05, 0.1) is 6.54 Å². The van der Waals surface area contributed by atoms with E-state index in [1.54, 1.807) is 0 Å². The van der Waals surface area contributed by atoms with Crippen LogP contribution in [0.15, 0.2) is 0 Å². The number of thioether (sulfide) groups is 1. The molecule has 2 amide bonds. The Morgan fingerprint density at radius 3 is 2.65 bits per heavy atom. The van der Waals surface area contributed by atoms with Gasteiger partial charge in [0.2, 0.25) is 11.8 Å². The number of carbonyl (C=O) groups is 2. The van der Waals surface area contributed by atoms with Crippen molar-refractivity contribution in [2.24, 2.45) is 0 Å². The minimum atomic E-state index is -0.695. The first kappa shape index (κ1) is 12.7. The number of nitrogens with one attached hydrogen (secondary N) is 1. The van der Waals surface area contributed by atoms with Crippen LogP contribution in [-0.2, 0) is 9.59 Å². The van der Waals surface area contributed by atoms with Crippen molar-refractivity contribution >= 4 is 23.6 Å². The van der Waals surface area contributed by atoms with Crippen LogP contribution in [0.4, 0.5) is 0 Å². The Bertz CT molecular complexity index is 328. The lowest BCUT2D eigenvalue weighted by Gasteiger charge is -2.43. The smallest absolute Gasteiger partial charge is 0.248 e. The SMILES string of the molecule is CCC1(C)NC(=O)CN(C2CCSCC2)C1=O. The fourth-order valence-corrected chi connectivity index (χ4v) is 3.56. The first-order valence-corrected chi connectivity index (χ1v) is 7.42. The van der Waals surface area contributed by atoms with E-state index in [9.17, 15) is 9.59 Å². The molecule has 0 aromatic carbocycles. The zero-order valence-electron chi connectivity index (χ0n) is 10.5. The predicted octanol–water partition coefficient (Wildman–Crippen LogP) is 1.01. The van der Waals surface area contributed by atoms with Crippen molar-refractivity contribution in [3.05, 3.63) is 0 Å². The van der Waals surface area contributed by atoms with Crippen molar-refractivity contribution in [2.75, 3.05) is 18.1 Å². The number of piperazine rings is 1. The third-order valence-corrected chi connectivity index (χ3v) is 4.85. The summed E-state index contributed by atoms with van der Waals surface area (Å²) in [6.07, 6.45) is 2.68. The second kappa shape index (κ2) is 4.88. The molecule has 17 heavy (non-hydrogen) atoms. The van der Waals surface area contributed by atoms with Crippen LogP contribution in [0.1, 0.15) is 33.1 Å². The van der Waals surface area contributed by atoms with E-state index in [4.69, 9.17) is 0 Å². The average Bonchev–Trinajstić information content (AvgIpc) is 2.35. The van der Waals surface area contributed by atoms with Gasteiger partial charge < -0.3 is 10.2 Å². The maximum Gasteiger partial charge on any atom is 0.248 e. The van der Waals surface area contributed by atoms with E-state index >= 15 is 0 Å². The highest BCUT2D eigenvalue weighted by atomic mass is 32.2. The quantitative estimate of drug-likeness (QED) is 0.802. The Balaban J connectivity index is 2.15. The Morgan fingerprint density at radius 2 is 2.06 bits per heavy atom. The molecule has 2 fully saturated rings. The molecule has 2 aliphatic heterocycles. The molecule has 2 aliphatic rings. The zero-order chi connectivity index (χ0) is 12.5.